The van der Waals surface area contributed by atoms with E-state index in [-0.39, 0.29) is 119 Å². The quantitative estimate of drug-likeness (QED) is 0.0179. The lowest BCUT2D eigenvalue weighted by atomic mass is 9.80. The fourth-order valence-corrected chi connectivity index (χ4v) is 12.5. The van der Waals surface area contributed by atoms with E-state index in [1.165, 1.54) is 0 Å². The number of amides is 6. The molecule has 6 amide bonds. The number of epoxide rings is 1. The van der Waals surface area contributed by atoms with Gasteiger partial charge in [0.05, 0.1) is 55.3 Å². The van der Waals surface area contributed by atoms with Crippen LogP contribution in [0.5, 0.6) is 46.0 Å². The van der Waals surface area contributed by atoms with Crippen LogP contribution in [0.15, 0.2) is 121 Å². The molecular weight excluding hydrogens is 1170 g/mol. The minimum absolute atomic E-state index is 0.0191. The highest BCUT2D eigenvalue weighted by Gasteiger charge is 2.46. The zero-order valence-electron chi connectivity index (χ0n) is 52.7. The standard InChI is InChI=1S/C74H72N4O14/c1-39(2)31-54(69(79)75-26-29-85-37-49-38-88-49)77-71(81)50-33-56(89-45-17-9-41(5)10-18-45)63-65-58(91-47-21-13-43(7)14-22-47)35-52-62-53(74(84)78(73(52)83)55(32-40(3)4)70(80)76-27-30-87-60-25-28-86-60)36-59(92-48-23-15-44(8)16-24-48)66(68(62)65)64-57(90-46-19-11-42(6)12-20-46)34-51(72(77)82)61(50)67(63)64/h9-24,33-36,39-40,49,54-55,60H,25-32,37-38H2,1-8H3,(H,75,79)(H,76,80). The Morgan fingerprint density at radius 1 is 0.467 bits per heavy atom. The maximum Gasteiger partial charge on any atom is 0.262 e. The van der Waals surface area contributed by atoms with E-state index >= 15 is 19.2 Å². The van der Waals surface area contributed by atoms with Crippen LogP contribution in [0.2, 0.25) is 0 Å². The summed E-state index contributed by atoms with van der Waals surface area (Å²) in [4.78, 5) is 95.7. The number of nitrogens with zero attached hydrogens (tertiary/aromatic N) is 2. The van der Waals surface area contributed by atoms with E-state index in [1.807, 2.05) is 104 Å². The molecule has 472 valence electrons. The van der Waals surface area contributed by atoms with Crippen molar-refractivity contribution in [2.75, 3.05) is 46.1 Å². The summed E-state index contributed by atoms with van der Waals surface area (Å²) >= 11 is 0. The number of carbonyl (C=O) groups is 6. The van der Waals surface area contributed by atoms with Gasteiger partial charge in [0, 0.05) is 62.6 Å². The molecule has 4 aliphatic rings. The molecule has 2 saturated heterocycles. The number of imide groups is 2. The summed E-state index contributed by atoms with van der Waals surface area (Å²) in [7, 11) is 0. The van der Waals surface area contributed by atoms with Crippen LogP contribution in [0.1, 0.15) is 111 Å². The summed E-state index contributed by atoms with van der Waals surface area (Å²) in [6, 6.07) is 33.4. The van der Waals surface area contributed by atoms with Gasteiger partial charge >= 0.3 is 0 Å². The van der Waals surface area contributed by atoms with E-state index in [0.29, 0.717) is 75.1 Å². The van der Waals surface area contributed by atoms with Crippen LogP contribution in [-0.2, 0) is 28.5 Å². The zero-order chi connectivity index (χ0) is 64.2. The highest BCUT2D eigenvalue weighted by molar-refractivity contribution is 6.45. The first-order chi connectivity index (χ1) is 44.4. The Kier molecular flexibility index (Phi) is 16.9. The van der Waals surface area contributed by atoms with Gasteiger partial charge in [0.15, 0.2) is 6.29 Å². The fraction of sp³-hybridized carbons (Fsp3) is 0.324. The Morgan fingerprint density at radius 2 is 0.783 bits per heavy atom. The topological polar surface area (TPSA) is 210 Å². The van der Waals surface area contributed by atoms with Crippen molar-refractivity contribution in [1.29, 1.82) is 0 Å². The van der Waals surface area contributed by atoms with Crippen LogP contribution in [0.3, 0.4) is 0 Å². The molecule has 18 heteroatoms. The lowest BCUT2D eigenvalue weighted by molar-refractivity contribution is -0.213. The molecule has 92 heavy (non-hydrogen) atoms. The Hall–Kier alpha value is -9.46. The normalized spacial score (nSPS) is 16.7. The third kappa shape index (κ3) is 11.9. The van der Waals surface area contributed by atoms with Crippen molar-refractivity contribution in [2.24, 2.45) is 11.8 Å². The smallest absolute Gasteiger partial charge is 0.262 e. The molecule has 4 unspecified atom stereocenters. The maximum atomic E-state index is 16.1. The number of benzene rings is 9. The molecule has 0 spiro atoms. The van der Waals surface area contributed by atoms with Crippen molar-refractivity contribution in [1.82, 2.24) is 20.4 Å². The molecule has 0 aromatic heterocycles. The predicted molar refractivity (Wildman–Crippen MR) is 347 cm³/mol. The first-order valence-electron chi connectivity index (χ1n) is 31.5. The van der Waals surface area contributed by atoms with Gasteiger partial charge in [0.1, 0.15) is 64.2 Å². The van der Waals surface area contributed by atoms with Crippen LogP contribution < -0.4 is 29.6 Å². The summed E-state index contributed by atoms with van der Waals surface area (Å²) in [6.07, 6.45) is 0.629. The second-order valence-electron chi connectivity index (χ2n) is 25.2. The number of nitrogens with one attached hydrogen (secondary N) is 2. The van der Waals surface area contributed by atoms with Crippen molar-refractivity contribution >= 4 is 78.5 Å². The summed E-state index contributed by atoms with van der Waals surface area (Å²) in [5.41, 5.74) is 3.99. The van der Waals surface area contributed by atoms with E-state index in [9.17, 15) is 9.59 Å². The second-order valence-corrected chi connectivity index (χ2v) is 25.2. The third-order valence-electron chi connectivity index (χ3n) is 17.2. The molecule has 0 radical (unpaired) electrons. The zero-order valence-corrected chi connectivity index (χ0v) is 52.7. The molecule has 0 bridgehead atoms. The molecular formula is C74H72N4O14. The third-order valence-corrected chi connectivity index (χ3v) is 17.2. The number of fused-ring (bicyclic) bond motifs is 2. The van der Waals surface area contributed by atoms with Crippen molar-refractivity contribution in [3.8, 4) is 46.0 Å². The van der Waals surface area contributed by atoms with Crippen LogP contribution in [0, 0.1) is 39.5 Å². The molecule has 4 atom stereocenters. The lowest BCUT2D eigenvalue weighted by Crippen LogP contribution is -2.54. The van der Waals surface area contributed by atoms with Crippen LogP contribution in [-0.4, -0.2) is 116 Å². The van der Waals surface area contributed by atoms with Gasteiger partial charge in [-0.2, -0.15) is 0 Å². The van der Waals surface area contributed by atoms with Gasteiger partial charge in [-0.25, -0.2) is 0 Å². The van der Waals surface area contributed by atoms with Crippen molar-refractivity contribution < 1.29 is 66.7 Å². The number of carbonyl (C=O) groups excluding carboxylic acids is 6. The fourth-order valence-electron chi connectivity index (χ4n) is 12.5. The van der Waals surface area contributed by atoms with E-state index < -0.39 is 47.5 Å². The van der Waals surface area contributed by atoms with E-state index in [4.69, 9.17) is 37.9 Å². The Labute approximate surface area is 532 Å². The highest BCUT2D eigenvalue weighted by Crippen LogP contribution is 2.58. The molecule has 0 saturated carbocycles. The van der Waals surface area contributed by atoms with Crippen molar-refractivity contribution in [3.05, 3.63) is 166 Å². The van der Waals surface area contributed by atoms with Gasteiger partial charge in [-0.3, -0.25) is 38.6 Å². The number of hydrogen-bond acceptors (Lipinski definition) is 14. The van der Waals surface area contributed by atoms with Gasteiger partial charge < -0.3 is 48.5 Å². The minimum Gasteiger partial charge on any atom is -0.457 e. The lowest BCUT2D eigenvalue weighted by Gasteiger charge is -2.36. The molecule has 0 aliphatic carbocycles. The van der Waals surface area contributed by atoms with Crippen molar-refractivity contribution in [2.45, 2.75) is 99.1 Å². The molecule has 18 nitrogen and oxygen atoms in total. The monoisotopic (exact) mass is 1240 g/mol. The molecule has 4 aliphatic heterocycles. The van der Waals surface area contributed by atoms with Crippen molar-refractivity contribution in [3.63, 3.8) is 0 Å². The van der Waals surface area contributed by atoms with E-state index in [1.54, 1.807) is 72.8 Å². The summed E-state index contributed by atoms with van der Waals surface area (Å²) in [5, 5.41) is 8.26. The molecule has 4 heterocycles. The first-order valence-corrected chi connectivity index (χ1v) is 31.5. The van der Waals surface area contributed by atoms with Gasteiger partial charge in [0.2, 0.25) is 11.8 Å². The Balaban J connectivity index is 1.13. The number of ether oxygens (including phenoxy) is 8. The maximum absolute atomic E-state index is 16.1. The Morgan fingerprint density at radius 3 is 1.07 bits per heavy atom. The van der Waals surface area contributed by atoms with Crippen LogP contribution in [0.4, 0.5) is 0 Å². The van der Waals surface area contributed by atoms with Gasteiger partial charge in [0.25, 0.3) is 23.6 Å². The summed E-state index contributed by atoms with van der Waals surface area (Å²) in [6.45, 7) is 17.6. The number of aryl methyl sites for hydroxylation is 4. The first kappa shape index (κ1) is 61.4. The highest BCUT2D eigenvalue weighted by atomic mass is 16.7. The van der Waals surface area contributed by atoms with Gasteiger partial charge in [-0.15, -0.1) is 0 Å². The summed E-state index contributed by atoms with van der Waals surface area (Å²) in [5.74, 6) is -2.39. The van der Waals surface area contributed by atoms with Crippen LogP contribution >= 0.6 is 0 Å². The second kappa shape index (κ2) is 25.3. The molecule has 9 aromatic carbocycles. The largest absolute Gasteiger partial charge is 0.457 e. The molecule has 2 fully saturated rings. The van der Waals surface area contributed by atoms with Gasteiger partial charge in [-0.05, 0) is 125 Å². The van der Waals surface area contributed by atoms with Gasteiger partial charge in [-0.1, -0.05) is 98.5 Å². The molecule has 9 aromatic rings. The average Bonchev–Trinajstić information content (AvgIpc) is 0.871. The van der Waals surface area contributed by atoms with Crippen LogP contribution in [0.25, 0.3) is 43.1 Å². The van der Waals surface area contributed by atoms with E-state index in [2.05, 4.69) is 10.6 Å². The Bertz CT molecular complexity index is 4160. The minimum atomic E-state index is -1.28. The van der Waals surface area contributed by atoms with E-state index in [0.717, 1.165) is 38.5 Å². The average molecular weight is 1240 g/mol. The molecule has 2 N–H and O–H groups in total. The summed E-state index contributed by atoms with van der Waals surface area (Å²) < 4.78 is 50.8. The number of rotatable bonds is 25. The predicted octanol–water partition coefficient (Wildman–Crippen LogP) is 13.6. The SMILES string of the molecule is Cc1ccc(Oc2cc3c4c(cc(Oc5ccc(C)cc5)c5c6c(Oc7ccc(C)cc7)cc7c8c(cc(Oc9ccc(C)cc9)c(c2c45)c86)C(=O)N(C(CC(C)C)C(=O)NCCOC2CCO2)C7=O)C(=O)N(C(CC(C)C)C(=O)NCCOCC2CO2)C3=O)cc1. The molecule has 13 rings (SSSR count). The number of hydrogen-bond donors (Lipinski definition) is 2.